The van der Waals surface area contributed by atoms with E-state index in [1.54, 1.807) is 0 Å². The van der Waals surface area contributed by atoms with Gasteiger partial charge in [0.25, 0.3) is 0 Å². The van der Waals surface area contributed by atoms with Gasteiger partial charge < -0.3 is 15.2 Å². The molecule has 2 saturated heterocycles. The van der Waals surface area contributed by atoms with Crippen LogP contribution in [0.2, 0.25) is 0 Å². The van der Waals surface area contributed by atoms with Crippen LogP contribution in [0.4, 0.5) is 0 Å². The zero-order valence-corrected chi connectivity index (χ0v) is 10.0. The summed E-state index contributed by atoms with van der Waals surface area (Å²) in [6.45, 7) is 3.38. The fourth-order valence-corrected chi connectivity index (χ4v) is 2.87. The van der Waals surface area contributed by atoms with Crippen molar-refractivity contribution in [3.05, 3.63) is 29.6 Å². The molecule has 4 nitrogen and oxygen atoms in total. The molecule has 4 heteroatoms. The number of morpholine rings is 1. The second-order valence-electron chi connectivity index (χ2n) is 5.26. The maximum atomic E-state index is 10.8. The molecule has 2 aliphatic heterocycles. The average molecular weight is 234 g/mol. The molecule has 0 radical (unpaired) electrons. The molecule has 2 N–H and O–H groups in total. The van der Waals surface area contributed by atoms with Crippen LogP contribution in [0.15, 0.2) is 18.3 Å². The van der Waals surface area contributed by atoms with Crippen molar-refractivity contribution in [3.8, 4) is 0 Å². The Morgan fingerprint density at radius 2 is 2.06 bits per heavy atom. The summed E-state index contributed by atoms with van der Waals surface area (Å²) in [6, 6.07) is 4.44. The van der Waals surface area contributed by atoms with Gasteiger partial charge in [-0.1, -0.05) is 6.07 Å². The van der Waals surface area contributed by atoms with Crippen molar-refractivity contribution in [1.82, 2.24) is 10.3 Å². The average Bonchev–Trinajstić information content (AvgIpc) is 2.29. The molecular formula is C13H18N2O2. The van der Waals surface area contributed by atoms with Crippen LogP contribution >= 0.6 is 0 Å². The molecule has 92 valence electrons. The molecule has 2 bridgehead atoms. The summed E-state index contributed by atoms with van der Waals surface area (Å²) in [6.07, 6.45) is 3.18. The second kappa shape index (κ2) is 4.05. The van der Waals surface area contributed by atoms with Gasteiger partial charge >= 0.3 is 0 Å². The van der Waals surface area contributed by atoms with Gasteiger partial charge in [0.15, 0.2) is 0 Å². The maximum absolute atomic E-state index is 10.8. The molecule has 17 heavy (non-hydrogen) atoms. The number of ether oxygens (including phenoxy) is 1. The first-order chi connectivity index (χ1) is 8.16. The van der Waals surface area contributed by atoms with Crippen LogP contribution in [0.1, 0.15) is 24.1 Å². The predicted molar refractivity (Wildman–Crippen MR) is 63.6 cm³/mol. The Morgan fingerprint density at radius 3 is 2.65 bits per heavy atom. The Bertz CT molecular complexity index is 392. The standard InChI is InChI=1S/C13H18N2O2/c1-9-2-3-12(14-6-9)13(16)4-10-7-17-8-11(5-13)15-10/h2-3,6,10-11,15-16H,4-5,7-8H2,1H3. The number of nitrogens with zero attached hydrogens (tertiary/aromatic N) is 1. The molecule has 2 aliphatic rings. The first-order valence-electron chi connectivity index (χ1n) is 6.15. The van der Waals surface area contributed by atoms with Crippen molar-refractivity contribution in [3.63, 3.8) is 0 Å². The van der Waals surface area contributed by atoms with Gasteiger partial charge in [-0.15, -0.1) is 0 Å². The highest BCUT2D eigenvalue weighted by molar-refractivity contribution is 5.20. The summed E-state index contributed by atoms with van der Waals surface area (Å²) in [7, 11) is 0. The number of fused-ring (bicyclic) bond motifs is 2. The fourth-order valence-electron chi connectivity index (χ4n) is 2.87. The molecule has 3 rings (SSSR count). The molecule has 1 aromatic rings. The number of piperidine rings is 1. The van der Waals surface area contributed by atoms with Crippen molar-refractivity contribution < 1.29 is 9.84 Å². The van der Waals surface area contributed by atoms with Gasteiger partial charge in [-0.05, 0) is 31.4 Å². The van der Waals surface area contributed by atoms with E-state index in [1.165, 1.54) is 0 Å². The number of nitrogens with one attached hydrogen (secondary N) is 1. The van der Waals surface area contributed by atoms with Crippen molar-refractivity contribution in [2.24, 2.45) is 0 Å². The fraction of sp³-hybridized carbons (Fsp3) is 0.615. The van der Waals surface area contributed by atoms with E-state index in [0.29, 0.717) is 26.1 Å². The maximum Gasteiger partial charge on any atom is 0.110 e. The van der Waals surface area contributed by atoms with Crippen LogP contribution < -0.4 is 5.32 Å². The zero-order valence-electron chi connectivity index (χ0n) is 10.0. The highest BCUT2D eigenvalue weighted by Crippen LogP contribution is 2.35. The van der Waals surface area contributed by atoms with Gasteiger partial charge in [-0.25, -0.2) is 0 Å². The van der Waals surface area contributed by atoms with Crippen molar-refractivity contribution in [2.75, 3.05) is 13.2 Å². The van der Waals surface area contributed by atoms with Crippen LogP contribution in [-0.2, 0) is 10.3 Å². The summed E-state index contributed by atoms with van der Waals surface area (Å²) in [4.78, 5) is 4.38. The Morgan fingerprint density at radius 1 is 1.35 bits per heavy atom. The first kappa shape index (κ1) is 11.1. The molecule has 2 fully saturated rings. The second-order valence-corrected chi connectivity index (χ2v) is 5.26. The van der Waals surface area contributed by atoms with Crippen LogP contribution in [0.3, 0.4) is 0 Å². The number of aryl methyl sites for hydroxylation is 1. The van der Waals surface area contributed by atoms with Gasteiger partial charge in [-0.2, -0.15) is 0 Å². The number of rotatable bonds is 1. The van der Waals surface area contributed by atoms with E-state index in [1.807, 2.05) is 25.3 Å². The van der Waals surface area contributed by atoms with E-state index in [-0.39, 0.29) is 12.1 Å². The smallest absolute Gasteiger partial charge is 0.110 e. The minimum atomic E-state index is -0.794. The number of hydrogen-bond donors (Lipinski definition) is 2. The Labute approximate surface area is 101 Å². The highest BCUT2D eigenvalue weighted by atomic mass is 16.5. The van der Waals surface area contributed by atoms with Gasteiger partial charge in [0.2, 0.25) is 0 Å². The third-order valence-corrected chi connectivity index (χ3v) is 3.67. The lowest BCUT2D eigenvalue weighted by atomic mass is 9.80. The van der Waals surface area contributed by atoms with Crippen LogP contribution in [0.25, 0.3) is 0 Å². The lowest BCUT2D eigenvalue weighted by molar-refractivity contribution is -0.0823. The lowest BCUT2D eigenvalue weighted by Gasteiger charge is -2.44. The van der Waals surface area contributed by atoms with Gasteiger partial charge in [-0.3, -0.25) is 4.98 Å². The van der Waals surface area contributed by atoms with Crippen molar-refractivity contribution in [1.29, 1.82) is 0 Å². The van der Waals surface area contributed by atoms with Gasteiger partial charge in [0.05, 0.1) is 18.9 Å². The Balaban J connectivity index is 1.87. The summed E-state index contributed by atoms with van der Waals surface area (Å²) < 4.78 is 5.49. The topological polar surface area (TPSA) is 54.4 Å². The highest BCUT2D eigenvalue weighted by Gasteiger charge is 2.43. The molecule has 2 atom stereocenters. The van der Waals surface area contributed by atoms with E-state index < -0.39 is 5.60 Å². The van der Waals surface area contributed by atoms with Crippen molar-refractivity contribution >= 4 is 0 Å². The van der Waals surface area contributed by atoms with E-state index in [0.717, 1.165) is 11.3 Å². The van der Waals surface area contributed by atoms with Gasteiger partial charge in [0, 0.05) is 18.3 Å². The summed E-state index contributed by atoms with van der Waals surface area (Å²) in [5.41, 5.74) is 1.12. The summed E-state index contributed by atoms with van der Waals surface area (Å²) in [5.74, 6) is 0. The monoisotopic (exact) mass is 234 g/mol. The number of pyridine rings is 1. The molecule has 2 unspecified atom stereocenters. The molecule has 0 amide bonds. The van der Waals surface area contributed by atoms with E-state index >= 15 is 0 Å². The lowest BCUT2D eigenvalue weighted by Crippen LogP contribution is -2.58. The largest absolute Gasteiger partial charge is 0.383 e. The molecule has 0 spiro atoms. The number of aliphatic hydroxyl groups is 1. The molecule has 3 heterocycles. The van der Waals surface area contributed by atoms with Gasteiger partial charge in [0.1, 0.15) is 5.60 Å². The van der Waals surface area contributed by atoms with E-state index in [9.17, 15) is 5.11 Å². The Hall–Kier alpha value is -0.970. The molecule has 0 aliphatic carbocycles. The molecule has 0 aromatic carbocycles. The normalized spacial score (nSPS) is 36.8. The molecule has 1 aromatic heterocycles. The quantitative estimate of drug-likeness (QED) is 0.752. The Kier molecular flexibility index (Phi) is 2.65. The van der Waals surface area contributed by atoms with Crippen LogP contribution in [0, 0.1) is 6.92 Å². The molecular weight excluding hydrogens is 216 g/mol. The number of aromatic nitrogens is 1. The summed E-state index contributed by atoms with van der Waals surface area (Å²) in [5, 5.41) is 14.3. The number of hydrogen-bond acceptors (Lipinski definition) is 4. The third kappa shape index (κ3) is 2.08. The third-order valence-electron chi connectivity index (χ3n) is 3.67. The van der Waals surface area contributed by atoms with E-state index in [2.05, 4.69) is 10.3 Å². The minimum absolute atomic E-state index is 0.246. The van der Waals surface area contributed by atoms with Crippen LogP contribution in [0.5, 0.6) is 0 Å². The zero-order chi connectivity index (χ0) is 11.9. The predicted octanol–water partition coefficient (Wildman–Crippen LogP) is 0.728. The van der Waals surface area contributed by atoms with E-state index in [4.69, 9.17) is 4.74 Å². The first-order valence-corrected chi connectivity index (χ1v) is 6.15. The minimum Gasteiger partial charge on any atom is -0.383 e. The summed E-state index contributed by atoms with van der Waals surface area (Å²) >= 11 is 0. The van der Waals surface area contributed by atoms with Crippen molar-refractivity contribution in [2.45, 2.75) is 37.5 Å². The molecule has 0 saturated carbocycles. The SMILES string of the molecule is Cc1ccc(C2(O)CC3COCC(C2)N3)nc1. The van der Waals surface area contributed by atoms with Crippen LogP contribution in [-0.4, -0.2) is 35.4 Å².